The van der Waals surface area contributed by atoms with Gasteiger partial charge in [0, 0.05) is 12.0 Å². The SMILES string of the molecule is CCOC(=O)c1ccccc1NC(=O)COC(=O)CCC(=O)c1ccc2c(c1)CCC2. The van der Waals surface area contributed by atoms with Crippen LogP contribution in [0.5, 0.6) is 0 Å². The molecule has 0 bridgehead atoms. The molecular weight excluding hydrogens is 398 g/mol. The van der Waals surface area contributed by atoms with Crippen molar-refractivity contribution in [1.29, 1.82) is 0 Å². The Balaban J connectivity index is 1.45. The highest BCUT2D eigenvalue weighted by Crippen LogP contribution is 2.23. The summed E-state index contributed by atoms with van der Waals surface area (Å²) in [5, 5.41) is 2.54. The van der Waals surface area contributed by atoms with Crippen molar-refractivity contribution in [3.05, 3.63) is 64.7 Å². The lowest BCUT2D eigenvalue weighted by Crippen LogP contribution is -2.22. The number of nitrogens with one attached hydrogen (secondary N) is 1. The number of amides is 1. The van der Waals surface area contributed by atoms with Crippen molar-refractivity contribution in [1.82, 2.24) is 0 Å². The highest BCUT2D eigenvalue weighted by atomic mass is 16.5. The molecule has 0 aliphatic heterocycles. The number of ether oxygens (including phenoxy) is 2. The monoisotopic (exact) mass is 423 g/mol. The predicted octanol–water partition coefficient (Wildman–Crippen LogP) is 3.50. The highest BCUT2D eigenvalue weighted by Gasteiger charge is 2.17. The van der Waals surface area contributed by atoms with Gasteiger partial charge in [-0.25, -0.2) is 4.79 Å². The second-order valence-corrected chi connectivity index (χ2v) is 7.24. The number of Topliss-reactive ketones (excluding diaryl/α,β-unsaturated/α-hetero) is 1. The van der Waals surface area contributed by atoms with Gasteiger partial charge in [-0.05, 0) is 55.5 Å². The average molecular weight is 423 g/mol. The van der Waals surface area contributed by atoms with E-state index in [1.54, 1.807) is 31.2 Å². The number of carbonyl (C=O) groups is 4. The van der Waals surface area contributed by atoms with Crippen molar-refractivity contribution < 1.29 is 28.7 Å². The molecule has 0 radical (unpaired) electrons. The van der Waals surface area contributed by atoms with Gasteiger partial charge in [0.25, 0.3) is 5.91 Å². The Morgan fingerprint density at radius 1 is 0.935 bits per heavy atom. The standard InChI is InChI=1S/C24H25NO6/c1-2-30-24(29)19-8-3-4-9-20(19)25-22(27)15-31-23(28)13-12-21(26)18-11-10-16-6-5-7-17(16)14-18/h3-4,8-11,14H,2,5-7,12-13,15H2,1H3,(H,25,27). The maximum Gasteiger partial charge on any atom is 0.340 e. The van der Waals surface area contributed by atoms with Gasteiger partial charge in [0.05, 0.1) is 24.3 Å². The van der Waals surface area contributed by atoms with Gasteiger partial charge < -0.3 is 14.8 Å². The quantitative estimate of drug-likeness (QED) is 0.490. The van der Waals surface area contributed by atoms with Gasteiger partial charge in [0.1, 0.15) is 0 Å². The Morgan fingerprint density at radius 3 is 2.52 bits per heavy atom. The van der Waals surface area contributed by atoms with Crippen LogP contribution in [0.1, 0.15) is 58.0 Å². The Labute approximate surface area is 180 Å². The van der Waals surface area contributed by atoms with E-state index in [0.29, 0.717) is 5.56 Å². The number of fused-ring (bicyclic) bond motifs is 1. The number of ketones is 1. The molecule has 1 aliphatic rings. The largest absolute Gasteiger partial charge is 0.462 e. The van der Waals surface area contributed by atoms with E-state index in [1.165, 1.54) is 17.2 Å². The first kappa shape index (κ1) is 22.2. The van der Waals surface area contributed by atoms with Crippen molar-refractivity contribution in [3.63, 3.8) is 0 Å². The van der Waals surface area contributed by atoms with Gasteiger partial charge in [0.15, 0.2) is 12.4 Å². The summed E-state index contributed by atoms with van der Waals surface area (Å²) in [7, 11) is 0. The van der Waals surface area contributed by atoms with Crippen LogP contribution in [0.3, 0.4) is 0 Å². The highest BCUT2D eigenvalue weighted by molar-refractivity contribution is 6.02. The Bertz CT molecular complexity index is 997. The normalized spacial score (nSPS) is 12.0. The molecule has 2 aromatic carbocycles. The first-order chi connectivity index (χ1) is 15.0. The van der Waals surface area contributed by atoms with Gasteiger partial charge in [0.2, 0.25) is 0 Å². The lowest BCUT2D eigenvalue weighted by molar-refractivity contribution is -0.147. The third-order valence-electron chi connectivity index (χ3n) is 5.04. The van der Waals surface area contributed by atoms with E-state index in [9.17, 15) is 19.2 Å². The zero-order valence-corrected chi connectivity index (χ0v) is 17.4. The van der Waals surface area contributed by atoms with Crippen molar-refractivity contribution in [3.8, 4) is 0 Å². The molecule has 1 N–H and O–H groups in total. The van der Waals surface area contributed by atoms with Crippen LogP contribution in [-0.2, 0) is 31.9 Å². The van der Waals surface area contributed by atoms with Crippen molar-refractivity contribution in [2.75, 3.05) is 18.5 Å². The zero-order valence-electron chi connectivity index (χ0n) is 17.4. The fourth-order valence-electron chi connectivity index (χ4n) is 3.49. The second-order valence-electron chi connectivity index (χ2n) is 7.24. The summed E-state index contributed by atoms with van der Waals surface area (Å²) in [4.78, 5) is 48.4. The van der Waals surface area contributed by atoms with Gasteiger partial charge in [-0.15, -0.1) is 0 Å². The minimum absolute atomic E-state index is 0.0188. The summed E-state index contributed by atoms with van der Waals surface area (Å²) < 4.78 is 9.92. The molecule has 162 valence electrons. The van der Waals surface area contributed by atoms with Gasteiger partial charge >= 0.3 is 11.9 Å². The first-order valence-corrected chi connectivity index (χ1v) is 10.3. The number of aryl methyl sites for hydroxylation is 2. The molecule has 2 aromatic rings. The Hall–Kier alpha value is -3.48. The van der Waals surface area contributed by atoms with Crippen LogP contribution in [0.15, 0.2) is 42.5 Å². The fraction of sp³-hybridized carbons (Fsp3) is 0.333. The fourth-order valence-corrected chi connectivity index (χ4v) is 3.49. The van der Waals surface area contributed by atoms with Crippen LogP contribution in [-0.4, -0.2) is 36.8 Å². The number of para-hydroxylation sites is 1. The van der Waals surface area contributed by atoms with Crippen LogP contribution >= 0.6 is 0 Å². The maximum atomic E-state index is 12.4. The average Bonchev–Trinajstić information content (AvgIpc) is 3.24. The molecule has 7 heteroatoms. The maximum absolute atomic E-state index is 12.4. The van der Waals surface area contributed by atoms with Crippen LogP contribution in [0.4, 0.5) is 5.69 Å². The molecule has 0 atom stereocenters. The molecule has 0 fully saturated rings. The molecule has 0 saturated heterocycles. The van der Waals surface area contributed by atoms with E-state index in [1.807, 2.05) is 12.1 Å². The molecule has 0 aromatic heterocycles. The third-order valence-corrected chi connectivity index (χ3v) is 5.04. The summed E-state index contributed by atoms with van der Waals surface area (Å²) in [6, 6.07) is 12.1. The first-order valence-electron chi connectivity index (χ1n) is 10.3. The van der Waals surface area contributed by atoms with Gasteiger partial charge in [-0.2, -0.15) is 0 Å². The summed E-state index contributed by atoms with van der Waals surface area (Å²) in [5.41, 5.74) is 3.57. The number of hydrogen-bond acceptors (Lipinski definition) is 6. The zero-order chi connectivity index (χ0) is 22.2. The van der Waals surface area contributed by atoms with Crippen LogP contribution in [0.25, 0.3) is 0 Å². The molecule has 7 nitrogen and oxygen atoms in total. The van der Waals surface area contributed by atoms with Crippen LogP contribution < -0.4 is 5.32 Å². The minimum Gasteiger partial charge on any atom is -0.462 e. The smallest absolute Gasteiger partial charge is 0.340 e. The van der Waals surface area contributed by atoms with Crippen LogP contribution in [0, 0.1) is 0 Å². The summed E-state index contributed by atoms with van der Waals surface area (Å²) in [5.74, 6) is -1.90. The number of hydrogen-bond donors (Lipinski definition) is 1. The number of anilines is 1. The van der Waals surface area contributed by atoms with Crippen molar-refractivity contribution in [2.24, 2.45) is 0 Å². The number of rotatable bonds is 9. The molecular formula is C24H25NO6. The summed E-state index contributed by atoms with van der Waals surface area (Å²) in [6.07, 6.45) is 3.04. The second kappa shape index (κ2) is 10.5. The minimum atomic E-state index is -0.636. The van der Waals surface area contributed by atoms with E-state index in [-0.39, 0.29) is 36.5 Å². The predicted molar refractivity (Wildman–Crippen MR) is 114 cm³/mol. The van der Waals surface area contributed by atoms with E-state index < -0.39 is 24.5 Å². The van der Waals surface area contributed by atoms with E-state index >= 15 is 0 Å². The number of benzene rings is 2. The Kier molecular flexibility index (Phi) is 7.54. The lowest BCUT2D eigenvalue weighted by atomic mass is 10.0. The summed E-state index contributed by atoms with van der Waals surface area (Å²) in [6.45, 7) is 1.39. The lowest BCUT2D eigenvalue weighted by Gasteiger charge is -2.10. The Morgan fingerprint density at radius 2 is 1.71 bits per heavy atom. The number of esters is 2. The molecule has 0 heterocycles. The van der Waals surface area contributed by atoms with E-state index in [4.69, 9.17) is 9.47 Å². The van der Waals surface area contributed by atoms with E-state index in [0.717, 1.165) is 19.3 Å². The van der Waals surface area contributed by atoms with Crippen LogP contribution in [0.2, 0.25) is 0 Å². The molecule has 0 spiro atoms. The molecule has 31 heavy (non-hydrogen) atoms. The topological polar surface area (TPSA) is 98.8 Å². The third kappa shape index (κ3) is 6.01. The van der Waals surface area contributed by atoms with Gasteiger partial charge in [-0.3, -0.25) is 14.4 Å². The molecule has 0 unspecified atom stereocenters. The van der Waals surface area contributed by atoms with Gasteiger partial charge in [-0.1, -0.05) is 24.3 Å². The van der Waals surface area contributed by atoms with Crippen molar-refractivity contribution >= 4 is 29.3 Å². The summed E-state index contributed by atoms with van der Waals surface area (Å²) >= 11 is 0. The molecule has 1 amide bonds. The number of carbonyl (C=O) groups excluding carboxylic acids is 4. The molecule has 3 rings (SSSR count). The molecule has 1 aliphatic carbocycles. The molecule has 0 saturated carbocycles. The van der Waals surface area contributed by atoms with Crippen molar-refractivity contribution in [2.45, 2.75) is 39.0 Å². The van der Waals surface area contributed by atoms with E-state index in [2.05, 4.69) is 5.32 Å².